The van der Waals surface area contributed by atoms with Gasteiger partial charge in [-0.3, -0.25) is 4.90 Å². The van der Waals surface area contributed by atoms with Crippen LogP contribution in [0.4, 0.5) is 0 Å². The van der Waals surface area contributed by atoms with E-state index in [2.05, 4.69) is 4.72 Å². The molecule has 1 fully saturated rings. The number of rotatable bonds is 6. The number of methoxy groups -OCH3 is 1. The Morgan fingerprint density at radius 3 is 2.86 bits per heavy atom. The van der Waals surface area contributed by atoms with Gasteiger partial charge in [0, 0.05) is 26.2 Å². The van der Waals surface area contributed by atoms with Crippen molar-refractivity contribution < 1.29 is 18.3 Å². The number of nitrogens with zero attached hydrogens (tertiary/aromatic N) is 1. The highest BCUT2D eigenvalue weighted by Crippen LogP contribution is 2.16. The van der Waals surface area contributed by atoms with E-state index in [1.165, 1.54) is 0 Å². The Morgan fingerprint density at radius 2 is 2.24 bits per heavy atom. The molecule has 2 N–H and O–H groups in total. The fourth-order valence-electron chi connectivity index (χ4n) is 2.55. The van der Waals surface area contributed by atoms with Crippen molar-refractivity contribution >= 4 is 10.0 Å². The van der Waals surface area contributed by atoms with Crippen molar-refractivity contribution in [1.82, 2.24) is 9.62 Å². The molecule has 0 spiro atoms. The van der Waals surface area contributed by atoms with Gasteiger partial charge in [-0.2, -0.15) is 0 Å². The molecule has 1 heterocycles. The zero-order valence-electron chi connectivity index (χ0n) is 12.3. The summed E-state index contributed by atoms with van der Waals surface area (Å²) in [7, 11) is -0.0899. The molecule has 0 amide bonds. The van der Waals surface area contributed by atoms with Crippen LogP contribution in [-0.4, -0.2) is 57.8 Å². The molecule has 0 saturated carbocycles. The third-order valence-corrected chi connectivity index (χ3v) is 5.12. The maximum absolute atomic E-state index is 12.3. The van der Waals surface area contributed by atoms with E-state index in [1.54, 1.807) is 25.3 Å². The average Bonchev–Trinajstić information content (AvgIpc) is 2.76. The highest BCUT2D eigenvalue weighted by molar-refractivity contribution is 7.89. The number of hydrogen-bond donors (Lipinski definition) is 2. The SMILES string of the molecule is COCc1cccc(S(=O)(=O)NC[C@@H]2C[C@@H](O)CN2C)c1. The molecule has 0 radical (unpaired) electrons. The molecule has 0 bridgehead atoms. The Kier molecular flexibility index (Phi) is 5.34. The zero-order valence-corrected chi connectivity index (χ0v) is 13.1. The molecule has 1 aliphatic rings. The van der Waals surface area contributed by atoms with Gasteiger partial charge < -0.3 is 9.84 Å². The first-order valence-corrected chi connectivity index (χ1v) is 8.36. The van der Waals surface area contributed by atoms with E-state index in [-0.39, 0.29) is 17.0 Å². The number of aliphatic hydroxyl groups is 1. The summed E-state index contributed by atoms with van der Waals surface area (Å²) in [6.07, 6.45) is 0.206. The maximum atomic E-state index is 12.3. The van der Waals surface area contributed by atoms with E-state index in [0.717, 1.165) is 5.56 Å². The zero-order chi connectivity index (χ0) is 15.5. The van der Waals surface area contributed by atoms with Gasteiger partial charge in [0.1, 0.15) is 0 Å². The second-order valence-electron chi connectivity index (χ2n) is 5.42. The number of benzene rings is 1. The standard InChI is InChI=1S/C14H22N2O4S/c1-16-9-13(17)7-12(16)8-15-21(18,19)14-5-3-4-11(6-14)10-20-2/h3-6,12-13,15,17H,7-10H2,1-2H3/t12-,13+/m0/s1. The lowest BCUT2D eigenvalue weighted by molar-refractivity contribution is 0.182. The molecule has 0 aliphatic carbocycles. The molecule has 118 valence electrons. The number of ether oxygens (including phenoxy) is 1. The topological polar surface area (TPSA) is 78.9 Å². The van der Waals surface area contributed by atoms with Gasteiger partial charge in [-0.05, 0) is 31.2 Å². The molecule has 0 unspecified atom stereocenters. The summed E-state index contributed by atoms with van der Waals surface area (Å²) >= 11 is 0. The van der Waals surface area contributed by atoms with Crippen molar-refractivity contribution in [2.45, 2.75) is 30.1 Å². The summed E-state index contributed by atoms with van der Waals surface area (Å²) in [6, 6.07) is 6.73. The summed E-state index contributed by atoms with van der Waals surface area (Å²) in [4.78, 5) is 2.20. The minimum absolute atomic E-state index is 0.0249. The Bertz CT molecular complexity index is 576. The van der Waals surface area contributed by atoms with Crippen molar-refractivity contribution in [2.75, 3.05) is 27.2 Å². The molecule has 2 rings (SSSR count). The minimum Gasteiger partial charge on any atom is -0.392 e. The molecule has 0 aromatic heterocycles. The maximum Gasteiger partial charge on any atom is 0.240 e. The summed E-state index contributed by atoms with van der Waals surface area (Å²) in [5, 5.41) is 9.58. The Labute approximate surface area is 125 Å². The summed E-state index contributed by atoms with van der Waals surface area (Å²) < 4.78 is 32.2. The highest BCUT2D eigenvalue weighted by atomic mass is 32.2. The molecule has 6 nitrogen and oxygen atoms in total. The molecule has 7 heteroatoms. The monoisotopic (exact) mass is 314 g/mol. The number of nitrogens with one attached hydrogen (secondary N) is 1. The first kappa shape index (κ1) is 16.4. The van der Waals surface area contributed by atoms with Gasteiger partial charge in [-0.25, -0.2) is 13.1 Å². The van der Waals surface area contributed by atoms with Gasteiger partial charge in [-0.15, -0.1) is 0 Å². The van der Waals surface area contributed by atoms with Gasteiger partial charge >= 0.3 is 0 Å². The largest absolute Gasteiger partial charge is 0.392 e. The first-order chi connectivity index (χ1) is 9.92. The fraction of sp³-hybridized carbons (Fsp3) is 0.571. The lowest BCUT2D eigenvalue weighted by Gasteiger charge is -2.19. The number of aliphatic hydroxyl groups excluding tert-OH is 1. The first-order valence-electron chi connectivity index (χ1n) is 6.88. The van der Waals surface area contributed by atoms with Crippen LogP contribution < -0.4 is 4.72 Å². The number of likely N-dealkylation sites (tertiary alicyclic amines) is 1. The van der Waals surface area contributed by atoms with E-state index in [9.17, 15) is 13.5 Å². The van der Waals surface area contributed by atoms with E-state index in [0.29, 0.717) is 26.1 Å². The van der Waals surface area contributed by atoms with Crippen molar-refractivity contribution in [3.63, 3.8) is 0 Å². The van der Waals surface area contributed by atoms with Crippen LogP contribution >= 0.6 is 0 Å². The van der Waals surface area contributed by atoms with E-state index in [1.807, 2.05) is 18.0 Å². The predicted octanol–water partition coefficient (Wildman–Crippen LogP) is 0.176. The van der Waals surface area contributed by atoms with Gasteiger partial charge in [-0.1, -0.05) is 12.1 Å². The third-order valence-electron chi connectivity index (χ3n) is 3.69. The molecule has 1 aromatic carbocycles. The van der Waals surface area contributed by atoms with Crippen LogP contribution in [0.2, 0.25) is 0 Å². The van der Waals surface area contributed by atoms with Crippen molar-refractivity contribution in [2.24, 2.45) is 0 Å². The lowest BCUT2D eigenvalue weighted by atomic mass is 10.2. The average molecular weight is 314 g/mol. The minimum atomic E-state index is -3.54. The van der Waals surface area contributed by atoms with Crippen LogP contribution in [0.3, 0.4) is 0 Å². The summed E-state index contributed by atoms with van der Waals surface area (Å²) in [6.45, 7) is 1.25. The summed E-state index contributed by atoms with van der Waals surface area (Å²) in [5.41, 5.74) is 0.814. The van der Waals surface area contributed by atoms with Crippen LogP contribution in [0.25, 0.3) is 0 Å². The Morgan fingerprint density at radius 1 is 1.48 bits per heavy atom. The van der Waals surface area contributed by atoms with Gasteiger partial charge in [0.05, 0.1) is 17.6 Å². The fourth-order valence-corrected chi connectivity index (χ4v) is 3.69. The highest BCUT2D eigenvalue weighted by Gasteiger charge is 2.29. The van der Waals surface area contributed by atoms with E-state index >= 15 is 0 Å². The van der Waals surface area contributed by atoms with Crippen molar-refractivity contribution in [3.05, 3.63) is 29.8 Å². The number of likely N-dealkylation sites (N-methyl/N-ethyl adjacent to an activating group) is 1. The molecule has 2 atom stereocenters. The Hall–Kier alpha value is -0.990. The van der Waals surface area contributed by atoms with Crippen LogP contribution in [0, 0.1) is 0 Å². The normalized spacial score (nSPS) is 23.6. The van der Waals surface area contributed by atoms with Crippen LogP contribution in [0.15, 0.2) is 29.2 Å². The molecule has 21 heavy (non-hydrogen) atoms. The molecule has 1 aromatic rings. The number of sulfonamides is 1. The summed E-state index contributed by atoms with van der Waals surface area (Å²) in [5.74, 6) is 0. The van der Waals surface area contributed by atoms with Gasteiger partial charge in [0.2, 0.25) is 10.0 Å². The quantitative estimate of drug-likeness (QED) is 0.783. The van der Waals surface area contributed by atoms with Gasteiger partial charge in [0.25, 0.3) is 0 Å². The second-order valence-corrected chi connectivity index (χ2v) is 7.18. The molecular weight excluding hydrogens is 292 g/mol. The van der Waals surface area contributed by atoms with Crippen LogP contribution in [0.1, 0.15) is 12.0 Å². The van der Waals surface area contributed by atoms with Crippen LogP contribution in [-0.2, 0) is 21.4 Å². The molecule has 1 saturated heterocycles. The smallest absolute Gasteiger partial charge is 0.240 e. The number of β-amino-alcohol motifs (C(OH)–C–C–N with tert-alkyl or cyclic N) is 1. The molecular formula is C14H22N2O4S. The third kappa shape index (κ3) is 4.24. The van der Waals surface area contributed by atoms with Crippen molar-refractivity contribution in [3.8, 4) is 0 Å². The van der Waals surface area contributed by atoms with Crippen molar-refractivity contribution in [1.29, 1.82) is 0 Å². The molecule has 1 aliphatic heterocycles. The number of hydrogen-bond acceptors (Lipinski definition) is 5. The lowest BCUT2D eigenvalue weighted by Crippen LogP contribution is -2.38. The Balaban J connectivity index is 2.03. The second kappa shape index (κ2) is 6.85. The van der Waals surface area contributed by atoms with E-state index < -0.39 is 10.0 Å². The van der Waals surface area contributed by atoms with Crippen LogP contribution in [0.5, 0.6) is 0 Å². The predicted molar refractivity (Wildman–Crippen MR) is 79.4 cm³/mol. The van der Waals surface area contributed by atoms with Gasteiger partial charge in [0.15, 0.2) is 0 Å². The van der Waals surface area contributed by atoms with E-state index in [4.69, 9.17) is 4.74 Å².